The SMILES string of the molecule is CCOc1ccc(C(=O)NC(C)c2ccc(F)cc2)cc1COc1ccc2ccccc2c1. The van der Waals surface area contributed by atoms with E-state index < -0.39 is 0 Å². The second-order valence-electron chi connectivity index (χ2n) is 7.80. The summed E-state index contributed by atoms with van der Waals surface area (Å²) in [6.45, 7) is 4.56. The van der Waals surface area contributed by atoms with Crippen molar-refractivity contribution in [3.63, 3.8) is 0 Å². The van der Waals surface area contributed by atoms with E-state index >= 15 is 0 Å². The van der Waals surface area contributed by atoms with Crippen molar-refractivity contribution in [2.45, 2.75) is 26.5 Å². The first-order valence-electron chi connectivity index (χ1n) is 11.0. The largest absolute Gasteiger partial charge is 0.493 e. The van der Waals surface area contributed by atoms with Crippen molar-refractivity contribution in [2.24, 2.45) is 0 Å². The molecule has 168 valence electrons. The van der Waals surface area contributed by atoms with Crippen LogP contribution in [0.25, 0.3) is 10.8 Å². The standard InChI is InChI=1S/C28H26FNO3/c1-3-32-27-15-11-23(28(31)30-19(2)20-8-12-25(29)13-9-20)16-24(27)18-33-26-14-10-21-6-4-5-7-22(21)17-26/h4-17,19H,3,18H2,1-2H3,(H,30,31). The maximum absolute atomic E-state index is 13.2. The maximum atomic E-state index is 13.2. The predicted octanol–water partition coefficient (Wildman–Crippen LogP) is 6.45. The molecule has 0 aliphatic heterocycles. The van der Waals surface area contributed by atoms with Crippen LogP contribution in [-0.4, -0.2) is 12.5 Å². The zero-order valence-electron chi connectivity index (χ0n) is 18.7. The third-order valence-electron chi connectivity index (χ3n) is 5.46. The monoisotopic (exact) mass is 443 g/mol. The van der Waals surface area contributed by atoms with Crippen LogP contribution in [-0.2, 0) is 6.61 Å². The Morgan fingerprint density at radius 2 is 1.67 bits per heavy atom. The Hall–Kier alpha value is -3.86. The smallest absolute Gasteiger partial charge is 0.251 e. The number of hydrogen-bond acceptors (Lipinski definition) is 3. The zero-order chi connectivity index (χ0) is 23.2. The minimum Gasteiger partial charge on any atom is -0.493 e. The van der Waals surface area contributed by atoms with Gasteiger partial charge in [-0.1, -0.05) is 42.5 Å². The molecule has 0 heterocycles. The second-order valence-corrected chi connectivity index (χ2v) is 7.80. The molecule has 5 heteroatoms. The lowest BCUT2D eigenvalue weighted by molar-refractivity contribution is 0.0939. The number of carbonyl (C=O) groups excluding carboxylic acids is 1. The Kier molecular flexibility index (Phi) is 6.89. The Morgan fingerprint density at radius 3 is 2.42 bits per heavy atom. The number of nitrogens with one attached hydrogen (secondary N) is 1. The highest BCUT2D eigenvalue weighted by molar-refractivity contribution is 5.94. The summed E-state index contributed by atoms with van der Waals surface area (Å²) in [5.74, 6) is 0.902. The highest BCUT2D eigenvalue weighted by Crippen LogP contribution is 2.25. The quantitative estimate of drug-likeness (QED) is 0.341. The number of fused-ring (bicyclic) bond motifs is 1. The Labute approximate surface area is 193 Å². The lowest BCUT2D eigenvalue weighted by Crippen LogP contribution is -2.26. The van der Waals surface area contributed by atoms with Gasteiger partial charge < -0.3 is 14.8 Å². The summed E-state index contributed by atoms with van der Waals surface area (Å²) in [5.41, 5.74) is 2.12. The summed E-state index contributed by atoms with van der Waals surface area (Å²) in [5, 5.41) is 5.21. The molecular weight excluding hydrogens is 417 g/mol. The van der Waals surface area contributed by atoms with E-state index in [1.165, 1.54) is 12.1 Å². The molecule has 0 bridgehead atoms. The highest BCUT2D eigenvalue weighted by atomic mass is 19.1. The van der Waals surface area contributed by atoms with E-state index in [1.807, 2.05) is 50.2 Å². The molecule has 0 spiro atoms. The van der Waals surface area contributed by atoms with Gasteiger partial charge in [-0.2, -0.15) is 0 Å². The molecule has 0 saturated heterocycles. The van der Waals surface area contributed by atoms with Crippen molar-refractivity contribution in [3.8, 4) is 11.5 Å². The van der Waals surface area contributed by atoms with Gasteiger partial charge in [0.15, 0.2) is 0 Å². The van der Waals surface area contributed by atoms with Gasteiger partial charge in [0.05, 0.1) is 12.6 Å². The summed E-state index contributed by atoms with van der Waals surface area (Å²) in [6, 6.07) is 25.2. The molecule has 1 N–H and O–H groups in total. The van der Waals surface area contributed by atoms with Gasteiger partial charge in [-0.3, -0.25) is 4.79 Å². The van der Waals surface area contributed by atoms with Gasteiger partial charge in [0.25, 0.3) is 5.91 Å². The van der Waals surface area contributed by atoms with Gasteiger partial charge >= 0.3 is 0 Å². The van der Waals surface area contributed by atoms with Crippen LogP contribution in [0.1, 0.15) is 41.4 Å². The third-order valence-corrected chi connectivity index (χ3v) is 5.46. The minimum atomic E-state index is -0.306. The van der Waals surface area contributed by atoms with Crippen LogP contribution in [0, 0.1) is 5.82 Å². The summed E-state index contributed by atoms with van der Waals surface area (Å²) >= 11 is 0. The molecule has 4 aromatic rings. The fourth-order valence-corrected chi connectivity index (χ4v) is 3.66. The molecule has 0 aromatic heterocycles. The molecule has 4 nitrogen and oxygen atoms in total. The molecule has 1 unspecified atom stereocenters. The number of hydrogen-bond donors (Lipinski definition) is 1. The first kappa shape index (κ1) is 22.3. The van der Waals surface area contributed by atoms with Gasteiger partial charge in [-0.15, -0.1) is 0 Å². The molecule has 4 rings (SSSR count). The van der Waals surface area contributed by atoms with Crippen molar-refractivity contribution in [3.05, 3.63) is 107 Å². The third kappa shape index (κ3) is 5.50. The number of ether oxygens (including phenoxy) is 2. The van der Waals surface area contributed by atoms with E-state index in [0.717, 1.165) is 27.6 Å². The molecule has 0 fully saturated rings. The van der Waals surface area contributed by atoms with Crippen LogP contribution in [0.4, 0.5) is 4.39 Å². The van der Waals surface area contributed by atoms with Crippen LogP contribution >= 0.6 is 0 Å². The van der Waals surface area contributed by atoms with E-state index in [1.54, 1.807) is 30.3 Å². The van der Waals surface area contributed by atoms with E-state index in [9.17, 15) is 9.18 Å². The number of benzene rings is 4. The van der Waals surface area contributed by atoms with E-state index in [-0.39, 0.29) is 24.4 Å². The summed E-state index contributed by atoms with van der Waals surface area (Å²) in [6.07, 6.45) is 0. The zero-order valence-corrected chi connectivity index (χ0v) is 18.7. The van der Waals surface area contributed by atoms with Gasteiger partial charge in [-0.25, -0.2) is 4.39 Å². The lowest BCUT2D eigenvalue weighted by Gasteiger charge is -2.16. The fourth-order valence-electron chi connectivity index (χ4n) is 3.66. The van der Waals surface area contributed by atoms with Crippen molar-refractivity contribution in [2.75, 3.05) is 6.61 Å². The van der Waals surface area contributed by atoms with Crippen LogP contribution in [0.2, 0.25) is 0 Å². The normalized spacial score (nSPS) is 11.7. The van der Waals surface area contributed by atoms with Crippen LogP contribution in [0.5, 0.6) is 11.5 Å². The first-order valence-corrected chi connectivity index (χ1v) is 11.0. The maximum Gasteiger partial charge on any atom is 0.251 e. The topological polar surface area (TPSA) is 47.6 Å². The molecule has 0 saturated carbocycles. The second kappa shape index (κ2) is 10.2. The van der Waals surface area contributed by atoms with Gasteiger partial charge in [0, 0.05) is 11.1 Å². The van der Waals surface area contributed by atoms with Crippen LogP contribution < -0.4 is 14.8 Å². The molecule has 1 amide bonds. The number of carbonyl (C=O) groups is 1. The Balaban J connectivity index is 1.50. The average Bonchev–Trinajstić information content (AvgIpc) is 2.83. The Bertz CT molecular complexity index is 1250. The minimum absolute atomic E-state index is 0.221. The van der Waals surface area contributed by atoms with E-state index in [2.05, 4.69) is 11.4 Å². The molecule has 0 aliphatic carbocycles. The molecule has 4 aromatic carbocycles. The van der Waals surface area contributed by atoms with Crippen molar-refractivity contribution in [1.29, 1.82) is 0 Å². The summed E-state index contributed by atoms with van der Waals surface area (Å²) in [7, 11) is 0. The van der Waals surface area contributed by atoms with Crippen molar-refractivity contribution in [1.82, 2.24) is 5.32 Å². The van der Waals surface area contributed by atoms with Crippen LogP contribution in [0.3, 0.4) is 0 Å². The molecule has 0 aliphatic rings. The molecule has 0 radical (unpaired) electrons. The van der Waals surface area contributed by atoms with E-state index in [0.29, 0.717) is 17.9 Å². The van der Waals surface area contributed by atoms with Crippen LogP contribution in [0.15, 0.2) is 84.9 Å². The number of amides is 1. The van der Waals surface area contributed by atoms with Crippen molar-refractivity contribution < 1.29 is 18.7 Å². The predicted molar refractivity (Wildman–Crippen MR) is 128 cm³/mol. The molecule has 1 atom stereocenters. The number of halogens is 1. The van der Waals surface area contributed by atoms with E-state index in [4.69, 9.17) is 9.47 Å². The van der Waals surface area contributed by atoms with Gasteiger partial charge in [-0.05, 0) is 72.6 Å². The fraction of sp³-hybridized carbons (Fsp3) is 0.179. The number of rotatable bonds is 8. The summed E-state index contributed by atoms with van der Waals surface area (Å²) in [4.78, 5) is 12.9. The summed E-state index contributed by atoms with van der Waals surface area (Å²) < 4.78 is 25.0. The molecular formula is C28H26FNO3. The van der Waals surface area contributed by atoms with Gasteiger partial charge in [0.2, 0.25) is 0 Å². The van der Waals surface area contributed by atoms with Crippen molar-refractivity contribution >= 4 is 16.7 Å². The molecule has 33 heavy (non-hydrogen) atoms. The Morgan fingerprint density at radius 1 is 0.909 bits per heavy atom. The first-order chi connectivity index (χ1) is 16.0. The average molecular weight is 444 g/mol. The van der Waals surface area contributed by atoms with Gasteiger partial charge in [0.1, 0.15) is 23.9 Å². The highest BCUT2D eigenvalue weighted by Gasteiger charge is 2.15. The lowest BCUT2D eigenvalue weighted by atomic mass is 10.1.